The molecule has 0 saturated heterocycles. The lowest BCUT2D eigenvalue weighted by Crippen LogP contribution is -2.34. The van der Waals surface area contributed by atoms with E-state index in [-0.39, 0.29) is 6.61 Å². The molecule has 2 aromatic rings. The number of ether oxygens (including phenoxy) is 2. The Morgan fingerprint density at radius 1 is 1.07 bits per heavy atom. The van der Waals surface area contributed by atoms with Crippen LogP contribution in [0.3, 0.4) is 0 Å². The lowest BCUT2D eigenvalue weighted by molar-refractivity contribution is -0.123. The largest absolute Gasteiger partial charge is 0.452 e. The van der Waals surface area contributed by atoms with Crippen LogP contribution in [0.25, 0.3) is 0 Å². The van der Waals surface area contributed by atoms with Gasteiger partial charge in [0.05, 0.1) is 24.5 Å². The Bertz CT molecular complexity index is 840. The van der Waals surface area contributed by atoms with Crippen molar-refractivity contribution in [3.8, 4) is 0 Å². The zero-order valence-electron chi connectivity index (χ0n) is 15.9. The summed E-state index contributed by atoms with van der Waals surface area (Å²) in [5, 5.41) is 6.35. The Morgan fingerprint density at radius 3 is 2.37 bits per heavy atom. The highest BCUT2D eigenvalue weighted by atomic mass is 16.6. The fraction of sp³-hybridized carbons (Fsp3) is 0.368. The molecule has 2 rings (SSSR count). The number of benzene rings is 1. The minimum absolute atomic E-state index is 0.136. The molecule has 1 heterocycles. The number of nitrogens with one attached hydrogen (secondary N) is 1. The highest BCUT2D eigenvalue weighted by molar-refractivity contribution is 5.96. The Labute approximate surface area is 157 Å². The fourth-order valence-corrected chi connectivity index (χ4v) is 2.53. The van der Waals surface area contributed by atoms with Gasteiger partial charge < -0.3 is 9.47 Å². The molecule has 0 bridgehead atoms. The molecule has 0 radical (unpaired) electrons. The van der Waals surface area contributed by atoms with E-state index in [0.717, 1.165) is 11.1 Å². The van der Waals surface area contributed by atoms with Crippen molar-refractivity contribution >= 4 is 18.0 Å². The van der Waals surface area contributed by atoms with Crippen molar-refractivity contribution in [3.63, 3.8) is 0 Å². The molecule has 2 amide bonds. The molecule has 1 aromatic carbocycles. The van der Waals surface area contributed by atoms with Crippen LogP contribution in [0.5, 0.6) is 0 Å². The van der Waals surface area contributed by atoms with E-state index in [1.807, 2.05) is 36.5 Å². The highest BCUT2D eigenvalue weighted by Gasteiger charge is 2.21. The third-order valence-corrected chi connectivity index (χ3v) is 3.89. The van der Waals surface area contributed by atoms with Gasteiger partial charge in [-0.15, -0.1) is 0 Å². The molecule has 0 aliphatic rings. The number of carbonyl (C=O) groups is 3. The second kappa shape index (κ2) is 8.98. The highest BCUT2D eigenvalue weighted by Crippen LogP contribution is 2.16. The minimum atomic E-state index is -0.878. The van der Waals surface area contributed by atoms with E-state index < -0.39 is 24.6 Å². The number of imide groups is 1. The first-order valence-corrected chi connectivity index (χ1v) is 8.55. The van der Waals surface area contributed by atoms with Gasteiger partial charge in [0.1, 0.15) is 5.56 Å². The summed E-state index contributed by atoms with van der Waals surface area (Å²) in [6.07, 6.45) is -0.878. The molecular formula is C19H23N3O5. The molecule has 0 unspecified atom stereocenters. The number of alkyl carbamates (subject to hydrolysis) is 1. The van der Waals surface area contributed by atoms with Gasteiger partial charge in [-0.2, -0.15) is 5.10 Å². The molecular weight excluding hydrogens is 350 g/mol. The summed E-state index contributed by atoms with van der Waals surface area (Å²) in [7, 11) is 0. The number of nitrogens with zero attached hydrogens (tertiary/aromatic N) is 2. The molecule has 0 spiro atoms. The molecule has 8 nitrogen and oxygen atoms in total. The Balaban J connectivity index is 2.02. The van der Waals surface area contributed by atoms with Gasteiger partial charge in [-0.05, 0) is 33.3 Å². The molecule has 1 aromatic heterocycles. The minimum Gasteiger partial charge on any atom is -0.452 e. The molecule has 0 saturated carbocycles. The molecule has 27 heavy (non-hydrogen) atoms. The van der Waals surface area contributed by atoms with Gasteiger partial charge >= 0.3 is 12.1 Å². The maximum absolute atomic E-state index is 12.3. The summed E-state index contributed by atoms with van der Waals surface area (Å²) in [6, 6.07) is 8.03. The molecule has 0 aliphatic heterocycles. The zero-order chi connectivity index (χ0) is 20.0. The number of amides is 2. The quantitative estimate of drug-likeness (QED) is 0.780. The van der Waals surface area contributed by atoms with Crippen LogP contribution in [-0.4, -0.2) is 41.0 Å². The summed E-state index contributed by atoms with van der Waals surface area (Å²) in [6.45, 7) is 7.17. The van der Waals surface area contributed by atoms with Gasteiger partial charge in [0.25, 0.3) is 5.91 Å². The number of esters is 1. The van der Waals surface area contributed by atoms with Gasteiger partial charge in [0.2, 0.25) is 0 Å². The first kappa shape index (κ1) is 20.2. The van der Waals surface area contributed by atoms with E-state index in [4.69, 9.17) is 4.74 Å². The predicted octanol–water partition coefficient (Wildman–Crippen LogP) is 2.29. The lowest BCUT2D eigenvalue weighted by atomic mass is 10.1. The fourth-order valence-electron chi connectivity index (χ4n) is 2.53. The van der Waals surface area contributed by atoms with Crippen molar-refractivity contribution < 1.29 is 23.9 Å². The van der Waals surface area contributed by atoms with Crippen LogP contribution >= 0.6 is 0 Å². The molecule has 144 valence electrons. The number of aromatic nitrogens is 2. The summed E-state index contributed by atoms with van der Waals surface area (Å²) in [5.74, 6) is -1.43. The van der Waals surface area contributed by atoms with Gasteiger partial charge in [0, 0.05) is 0 Å². The summed E-state index contributed by atoms with van der Waals surface area (Å²) in [4.78, 5) is 35.1. The van der Waals surface area contributed by atoms with Crippen LogP contribution in [0.15, 0.2) is 24.3 Å². The zero-order valence-corrected chi connectivity index (χ0v) is 15.9. The topological polar surface area (TPSA) is 99.5 Å². The summed E-state index contributed by atoms with van der Waals surface area (Å²) >= 11 is 0. The van der Waals surface area contributed by atoms with Crippen LogP contribution < -0.4 is 5.32 Å². The Morgan fingerprint density at radius 2 is 1.74 bits per heavy atom. The van der Waals surface area contributed by atoms with Crippen LogP contribution in [0.1, 0.15) is 39.8 Å². The first-order valence-electron chi connectivity index (χ1n) is 8.55. The second-order valence-corrected chi connectivity index (χ2v) is 6.03. The average Bonchev–Trinajstić information content (AvgIpc) is 2.88. The molecule has 1 N–H and O–H groups in total. The molecule has 8 heteroatoms. The summed E-state index contributed by atoms with van der Waals surface area (Å²) < 4.78 is 11.3. The predicted molar refractivity (Wildman–Crippen MR) is 97.4 cm³/mol. The van der Waals surface area contributed by atoms with Gasteiger partial charge in [-0.3, -0.25) is 14.8 Å². The van der Waals surface area contributed by atoms with Gasteiger partial charge in [-0.1, -0.05) is 29.8 Å². The lowest BCUT2D eigenvalue weighted by Gasteiger charge is -2.07. The van der Waals surface area contributed by atoms with Crippen molar-refractivity contribution in [2.45, 2.75) is 34.2 Å². The van der Waals surface area contributed by atoms with Crippen molar-refractivity contribution in [2.24, 2.45) is 0 Å². The van der Waals surface area contributed by atoms with Crippen LogP contribution in [-0.2, 0) is 20.8 Å². The van der Waals surface area contributed by atoms with Crippen molar-refractivity contribution in [1.82, 2.24) is 15.1 Å². The van der Waals surface area contributed by atoms with Gasteiger partial charge in [-0.25, -0.2) is 9.59 Å². The maximum Gasteiger partial charge on any atom is 0.413 e. The SMILES string of the molecule is CCOC(=O)NC(=O)COC(=O)c1c(C)nn(Cc2ccc(C)cc2)c1C. The van der Waals surface area contributed by atoms with Crippen molar-refractivity contribution in [3.05, 3.63) is 52.3 Å². The number of aryl methyl sites for hydroxylation is 2. The van der Waals surface area contributed by atoms with Crippen LogP contribution in [0.4, 0.5) is 4.79 Å². The van der Waals surface area contributed by atoms with E-state index in [0.29, 0.717) is 23.5 Å². The molecule has 0 atom stereocenters. The standard InChI is InChI=1S/C19H23N3O5/c1-5-26-19(25)20-16(23)11-27-18(24)17-13(3)21-22(14(17)4)10-15-8-6-12(2)7-9-15/h6-9H,5,10-11H2,1-4H3,(H,20,23,25). The smallest absolute Gasteiger partial charge is 0.413 e. The maximum atomic E-state index is 12.3. The second-order valence-electron chi connectivity index (χ2n) is 6.03. The Kier molecular flexibility index (Phi) is 6.70. The van der Waals surface area contributed by atoms with E-state index >= 15 is 0 Å². The summed E-state index contributed by atoms with van der Waals surface area (Å²) in [5.41, 5.74) is 3.68. The van der Waals surface area contributed by atoms with E-state index in [9.17, 15) is 14.4 Å². The monoisotopic (exact) mass is 373 g/mol. The third kappa shape index (κ3) is 5.40. The van der Waals surface area contributed by atoms with Crippen molar-refractivity contribution in [1.29, 1.82) is 0 Å². The van der Waals surface area contributed by atoms with Crippen LogP contribution in [0.2, 0.25) is 0 Å². The van der Waals surface area contributed by atoms with Crippen LogP contribution in [0, 0.1) is 20.8 Å². The number of carbonyl (C=O) groups excluding carboxylic acids is 3. The van der Waals surface area contributed by atoms with E-state index in [2.05, 4.69) is 9.84 Å². The number of hydrogen-bond acceptors (Lipinski definition) is 6. The molecule has 0 aliphatic carbocycles. The van der Waals surface area contributed by atoms with Crippen molar-refractivity contribution in [2.75, 3.05) is 13.2 Å². The third-order valence-electron chi connectivity index (χ3n) is 3.89. The first-order chi connectivity index (χ1) is 12.8. The number of hydrogen-bond donors (Lipinski definition) is 1. The Hall–Kier alpha value is -3.16. The van der Waals surface area contributed by atoms with E-state index in [1.54, 1.807) is 25.5 Å². The average molecular weight is 373 g/mol. The normalized spacial score (nSPS) is 10.4. The number of rotatable bonds is 6. The van der Waals surface area contributed by atoms with Gasteiger partial charge in [0.15, 0.2) is 6.61 Å². The molecule has 0 fully saturated rings. The van der Waals surface area contributed by atoms with E-state index in [1.165, 1.54) is 0 Å².